The lowest BCUT2D eigenvalue weighted by molar-refractivity contribution is 0.487. The van der Waals surface area contributed by atoms with Gasteiger partial charge in [-0.05, 0) is 40.3 Å². The highest BCUT2D eigenvalue weighted by atomic mass is 32.1. The van der Waals surface area contributed by atoms with Gasteiger partial charge in [-0.25, -0.2) is 0 Å². The Morgan fingerprint density at radius 3 is 2.03 bits per heavy atom. The first-order valence-electron chi connectivity index (χ1n) is 12.9. The van der Waals surface area contributed by atoms with Crippen LogP contribution in [0.2, 0.25) is 0 Å². The maximum Gasteiger partial charge on any atom is 0.135 e. The Hall–Kier alpha value is -4.66. The first-order valence-corrected chi connectivity index (χ1v) is 13.7. The molecule has 0 saturated heterocycles. The summed E-state index contributed by atoms with van der Waals surface area (Å²) in [6, 6.07) is 47.6. The first kappa shape index (κ1) is 21.4. The van der Waals surface area contributed by atoms with E-state index in [4.69, 9.17) is 4.74 Å². The van der Waals surface area contributed by atoms with E-state index in [0.717, 1.165) is 17.1 Å². The minimum atomic E-state index is 0.914. The van der Waals surface area contributed by atoms with E-state index in [-0.39, 0.29) is 0 Å². The lowest BCUT2D eigenvalue weighted by Crippen LogP contribution is -1.98. The summed E-state index contributed by atoms with van der Waals surface area (Å²) in [4.78, 5) is 2.60. The average molecular weight is 503 g/mol. The molecule has 0 atom stereocenters. The molecule has 0 aliphatic carbocycles. The molecule has 2 heterocycles. The molecule has 38 heavy (non-hydrogen) atoms. The van der Waals surface area contributed by atoms with Crippen molar-refractivity contribution < 1.29 is 4.74 Å². The summed E-state index contributed by atoms with van der Waals surface area (Å²) >= 11 is 1.88. The standard InChI is InChI=1S/C36H22OS/c1-2-10-23(11-3-1)25-13-8-14-26(22-25)35-27-15-4-5-16-28(27)36(38-35)30-21-20-24-12-9-19-32-33(24)34(30)29-17-6-7-18-31(29)37-32/h1-22H. The van der Waals surface area contributed by atoms with E-state index in [9.17, 15) is 0 Å². The molecule has 8 rings (SSSR count). The Bertz CT molecular complexity index is 2000. The average Bonchev–Trinajstić information content (AvgIpc) is 3.38. The number of ether oxygens (including phenoxy) is 1. The van der Waals surface area contributed by atoms with Crippen molar-refractivity contribution in [3.8, 4) is 54.6 Å². The van der Waals surface area contributed by atoms with Gasteiger partial charge < -0.3 is 4.74 Å². The summed E-state index contributed by atoms with van der Waals surface area (Å²) in [6.07, 6.45) is 0. The van der Waals surface area contributed by atoms with Crippen molar-refractivity contribution in [1.29, 1.82) is 0 Å². The van der Waals surface area contributed by atoms with Gasteiger partial charge in [-0.1, -0.05) is 115 Å². The fraction of sp³-hybridized carbons (Fsp3) is 0. The van der Waals surface area contributed by atoms with E-state index < -0.39 is 0 Å². The zero-order valence-corrected chi connectivity index (χ0v) is 21.3. The summed E-state index contributed by atoms with van der Waals surface area (Å²) in [7, 11) is 0. The third kappa shape index (κ3) is 3.24. The monoisotopic (exact) mass is 502 g/mol. The molecule has 1 nitrogen and oxygen atoms in total. The summed E-state index contributed by atoms with van der Waals surface area (Å²) in [6.45, 7) is 0. The molecule has 1 aliphatic heterocycles. The largest absolute Gasteiger partial charge is 0.456 e. The van der Waals surface area contributed by atoms with Gasteiger partial charge in [-0.3, -0.25) is 0 Å². The highest BCUT2D eigenvalue weighted by molar-refractivity contribution is 7.21. The van der Waals surface area contributed by atoms with E-state index >= 15 is 0 Å². The van der Waals surface area contributed by atoms with Crippen LogP contribution in [0.4, 0.5) is 0 Å². The van der Waals surface area contributed by atoms with Crippen LogP contribution in [0.25, 0.3) is 64.7 Å². The van der Waals surface area contributed by atoms with Gasteiger partial charge in [0, 0.05) is 42.6 Å². The second-order valence-electron chi connectivity index (χ2n) is 9.69. The number of thiophene rings is 1. The van der Waals surface area contributed by atoms with Crippen molar-refractivity contribution in [3.05, 3.63) is 133 Å². The van der Waals surface area contributed by atoms with Crippen LogP contribution in [0.5, 0.6) is 11.5 Å². The van der Waals surface area contributed by atoms with Crippen molar-refractivity contribution in [3.63, 3.8) is 0 Å². The highest BCUT2D eigenvalue weighted by Crippen LogP contribution is 2.53. The van der Waals surface area contributed by atoms with Crippen LogP contribution >= 0.6 is 11.3 Å². The normalized spacial score (nSPS) is 11.9. The van der Waals surface area contributed by atoms with Crippen LogP contribution in [-0.2, 0) is 0 Å². The lowest BCUT2D eigenvalue weighted by Gasteiger charge is -2.23. The second kappa shape index (κ2) is 8.44. The molecule has 2 heteroatoms. The lowest BCUT2D eigenvalue weighted by atomic mass is 9.89. The number of benzene rings is 6. The molecule has 0 amide bonds. The quantitative estimate of drug-likeness (QED) is 0.233. The zero-order valence-electron chi connectivity index (χ0n) is 20.5. The molecule has 1 aromatic heterocycles. The maximum absolute atomic E-state index is 6.36. The third-order valence-corrected chi connectivity index (χ3v) is 8.78. The van der Waals surface area contributed by atoms with Crippen molar-refractivity contribution in [2.24, 2.45) is 0 Å². The molecule has 0 fully saturated rings. The molecule has 0 bridgehead atoms. The summed E-state index contributed by atoms with van der Waals surface area (Å²) < 4.78 is 6.36. The molecule has 6 aromatic carbocycles. The minimum absolute atomic E-state index is 0.914. The van der Waals surface area contributed by atoms with Crippen LogP contribution in [0.15, 0.2) is 133 Å². The van der Waals surface area contributed by atoms with Crippen LogP contribution in [0.1, 0.15) is 0 Å². The molecule has 0 N–H and O–H groups in total. The van der Waals surface area contributed by atoms with E-state index in [1.54, 1.807) is 0 Å². The summed E-state index contributed by atoms with van der Waals surface area (Å²) in [5, 5.41) is 4.97. The Labute approximate surface area is 225 Å². The van der Waals surface area contributed by atoms with Gasteiger partial charge in [0.1, 0.15) is 11.5 Å². The van der Waals surface area contributed by atoms with Crippen LogP contribution in [0, 0.1) is 0 Å². The highest BCUT2D eigenvalue weighted by Gasteiger charge is 2.25. The predicted molar refractivity (Wildman–Crippen MR) is 161 cm³/mol. The Morgan fingerprint density at radius 1 is 0.447 bits per heavy atom. The van der Waals surface area contributed by atoms with Crippen molar-refractivity contribution in [2.45, 2.75) is 0 Å². The molecule has 0 unspecified atom stereocenters. The second-order valence-corrected chi connectivity index (χ2v) is 10.7. The van der Waals surface area contributed by atoms with Gasteiger partial charge in [0.05, 0.1) is 0 Å². The van der Waals surface area contributed by atoms with Crippen LogP contribution in [-0.4, -0.2) is 0 Å². The number of rotatable bonds is 3. The number of fused-ring (bicyclic) bond motifs is 3. The van der Waals surface area contributed by atoms with Gasteiger partial charge in [-0.15, -0.1) is 11.3 Å². The zero-order chi connectivity index (χ0) is 25.1. The van der Waals surface area contributed by atoms with E-state index in [1.165, 1.54) is 59.1 Å². The van der Waals surface area contributed by atoms with Gasteiger partial charge in [0.15, 0.2) is 0 Å². The summed E-state index contributed by atoms with van der Waals surface area (Å²) in [5.74, 6) is 1.84. The minimum Gasteiger partial charge on any atom is -0.456 e. The third-order valence-electron chi connectivity index (χ3n) is 7.48. The molecule has 0 saturated carbocycles. The first-order chi connectivity index (χ1) is 18.8. The Morgan fingerprint density at radius 2 is 1.13 bits per heavy atom. The van der Waals surface area contributed by atoms with Gasteiger partial charge in [-0.2, -0.15) is 0 Å². The molecular weight excluding hydrogens is 480 g/mol. The number of para-hydroxylation sites is 1. The van der Waals surface area contributed by atoms with Gasteiger partial charge in [0.2, 0.25) is 0 Å². The van der Waals surface area contributed by atoms with Gasteiger partial charge >= 0.3 is 0 Å². The molecule has 0 spiro atoms. The van der Waals surface area contributed by atoms with Gasteiger partial charge in [0.25, 0.3) is 0 Å². The van der Waals surface area contributed by atoms with E-state index in [0.29, 0.717) is 0 Å². The fourth-order valence-electron chi connectivity index (χ4n) is 5.76. The predicted octanol–water partition coefficient (Wildman–Crippen LogP) is 10.8. The molecule has 0 radical (unpaired) electrons. The van der Waals surface area contributed by atoms with E-state index in [1.807, 2.05) is 17.4 Å². The number of hydrogen-bond acceptors (Lipinski definition) is 2. The SMILES string of the molecule is c1ccc(-c2cccc(-c3sc(-c4ccc5cccc6c5c4-c4ccccc4O6)c4ccccc34)c2)cc1. The number of hydrogen-bond donors (Lipinski definition) is 0. The van der Waals surface area contributed by atoms with E-state index in [2.05, 4.69) is 127 Å². The Kier molecular flexibility index (Phi) is 4.76. The smallest absolute Gasteiger partial charge is 0.135 e. The maximum atomic E-state index is 6.36. The Balaban J connectivity index is 1.40. The van der Waals surface area contributed by atoms with Crippen molar-refractivity contribution >= 4 is 32.9 Å². The van der Waals surface area contributed by atoms with Crippen molar-refractivity contribution in [2.75, 3.05) is 0 Å². The summed E-state index contributed by atoms with van der Waals surface area (Å²) in [5.41, 5.74) is 7.38. The molecule has 7 aromatic rings. The fourth-order valence-corrected chi connectivity index (χ4v) is 7.06. The molecular formula is C36H22OS. The van der Waals surface area contributed by atoms with Crippen LogP contribution < -0.4 is 4.74 Å². The molecule has 1 aliphatic rings. The van der Waals surface area contributed by atoms with Crippen LogP contribution in [0.3, 0.4) is 0 Å². The molecule has 178 valence electrons. The topological polar surface area (TPSA) is 9.23 Å². The van der Waals surface area contributed by atoms with Crippen molar-refractivity contribution in [1.82, 2.24) is 0 Å².